The van der Waals surface area contributed by atoms with E-state index in [1.807, 2.05) is 24.3 Å². The molecule has 0 aliphatic heterocycles. The van der Waals surface area contributed by atoms with E-state index in [-0.39, 0.29) is 17.2 Å². The molecule has 0 fully saturated rings. The van der Waals surface area contributed by atoms with Crippen LogP contribution in [0.1, 0.15) is 68.2 Å². The van der Waals surface area contributed by atoms with Crippen LogP contribution in [0.5, 0.6) is 11.5 Å². The number of halogens is 1. The summed E-state index contributed by atoms with van der Waals surface area (Å²) in [5, 5.41) is 9.53. The molecule has 5 heteroatoms. The maximum absolute atomic E-state index is 15.0. The summed E-state index contributed by atoms with van der Waals surface area (Å²) >= 11 is 0. The third-order valence-electron chi connectivity index (χ3n) is 8.32. The SMILES string of the molecule is COc1ccc(F)c(-c2ccc(COc3ccc4c(c3)[C@H]([C@@H](C)C(=O)O)CC4)cc2C2=CCCC2(C)C)c1. The molecular weight excluding hydrogens is 479 g/mol. The van der Waals surface area contributed by atoms with Gasteiger partial charge in [0.05, 0.1) is 13.0 Å². The lowest BCUT2D eigenvalue weighted by Gasteiger charge is -2.25. The van der Waals surface area contributed by atoms with E-state index in [2.05, 4.69) is 32.1 Å². The molecule has 2 atom stereocenters. The number of carboxylic acid groups (broad SMARTS) is 1. The van der Waals surface area contributed by atoms with Gasteiger partial charge in [0.1, 0.15) is 23.9 Å². The van der Waals surface area contributed by atoms with Crippen LogP contribution in [0.15, 0.2) is 60.7 Å². The number of carbonyl (C=O) groups is 1. The van der Waals surface area contributed by atoms with E-state index >= 15 is 4.39 Å². The summed E-state index contributed by atoms with van der Waals surface area (Å²) in [4.78, 5) is 11.6. The highest BCUT2D eigenvalue weighted by Gasteiger charge is 2.32. The lowest BCUT2D eigenvalue weighted by Crippen LogP contribution is -2.17. The summed E-state index contributed by atoms with van der Waals surface area (Å²) in [6.45, 7) is 6.61. The highest BCUT2D eigenvalue weighted by atomic mass is 19.1. The number of fused-ring (bicyclic) bond motifs is 1. The van der Waals surface area contributed by atoms with Crippen LogP contribution < -0.4 is 9.47 Å². The van der Waals surface area contributed by atoms with E-state index in [0.29, 0.717) is 17.9 Å². The molecule has 0 bridgehead atoms. The molecule has 3 aromatic carbocycles. The van der Waals surface area contributed by atoms with E-state index in [4.69, 9.17) is 9.47 Å². The monoisotopic (exact) mass is 514 g/mol. The average molecular weight is 515 g/mol. The summed E-state index contributed by atoms with van der Waals surface area (Å²) in [7, 11) is 1.59. The molecule has 38 heavy (non-hydrogen) atoms. The van der Waals surface area contributed by atoms with Gasteiger partial charge in [-0.25, -0.2) is 4.39 Å². The van der Waals surface area contributed by atoms with Gasteiger partial charge >= 0.3 is 5.97 Å². The lowest BCUT2D eigenvalue weighted by molar-refractivity contribution is -0.141. The van der Waals surface area contributed by atoms with Crippen molar-refractivity contribution in [2.24, 2.45) is 11.3 Å². The van der Waals surface area contributed by atoms with Crippen molar-refractivity contribution < 1.29 is 23.8 Å². The Bertz CT molecular complexity index is 1400. The van der Waals surface area contributed by atoms with Crippen LogP contribution in [-0.4, -0.2) is 18.2 Å². The molecule has 5 rings (SSSR count). The minimum atomic E-state index is -0.765. The number of allylic oxidation sites excluding steroid dienone is 2. The van der Waals surface area contributed by atoms with Gasteiger partial charge in [-0.2, -0.15) is 0 Å². The van der Waals surface area contributed by atoms with Gasteiger partial charge in [0.2, 0.25) is 0 Å². The Morgan fingerprint density at radius 2 is 1.84 bits per heavy atom. The molecule has 1 N–H and O–H groups in total. The van der Waals surface area contributed by atoms with Gasteiger partial charge in [-0.05, 0) is 107 Å². The Morgan fingerprint density at radius 3 is 2.55 bits per heavy atom. The van der Waals surface area contributed by atoms with Gasteiger partial charge in [0, 0.05) is 5.56 Å². The van der Waals surface area contributed by atoms with Crippen molar-refractivity contribution in [2.45, 2.75) is 59.0 Å². The number of ether oxygens (including phenoxy) is 2. The van der Waals surface area contributed by atoms with E-state index in [1.54, 1.807) is 26.2 Å². The minimum absolute atomic E-state index is 0.00577. The third kappa shape index (κ3) is 4.94. The molecule has 2 aliphatic carbocycles. The van der Waals surface area contributed by atoms with Crippen LogP contribution in [-0.2, 0) is 17.8 Å². The molecule has 0 heterocycles. The highest BCUT2D eigenvalue weighted by Crippen LogP contribution is 2.47. The molecule has 0 amide bonds. The Morgan fingerprint density at radius 1 is 1.05 bits per heavy atom. The molecule has 0 saturated carbocycles. The first-order valence-corrected chi connectivity index (χ1v) is 13.3. The minimum Gasteiger partial charge on any atom is -0.497 e. The normalized spacial score (nSPS) is 18.6. The lowest BCUT2D eigenvalue weighted by atomic mass is 9.79. The molecule has 0 unspecified atom stereocenters. The van der Waals surface area contributed by atoms with E-state index in [1.165, 1.54) is 17.2 Å². The van der Waals surface area contributed by atoms with Crippen molar-refractivity contribution >= 4 is 11.5 Å². The standard InChI is InChI=1S/C33H35FO4/c1-20(32(35)36)25-13-9-22-8-10-24(18-27(22)25)38-19-21-7-12-26(29-17-23(37-4)11-14-31(29)34)28(16-21)30-6-5-15-33(30,2)3/h6-8,10-12,14,16-18,20,25H,5,9,13,15,19H2,1-4H3,(H,35,36)/t20-,25+/m1/s1. The fraction of sp³-hybridized carbons (Fsp3) is 0.364. The van der Waals surface area contributed by atoms with Crippen LogP contribution in [0.4, 0.5) is 4.39 Å². The quantitative estimate of drug-likeness (QED) is 0.331. The maximum Gasteiger partial charge on any atom is 0.306 e. The molecule has 4 nitrogen and oxygen atoms in total. The Hall–Kier alpha value is -3.60. The zero-order chi connectivity index (χ0) is 27.0. The van der Waals surface area contributed by atoms with Gasteiger partial charge < -0.3 is 14.6 Å². The Balaban J connectivity index is 1.46. The number of hydrogen-bond donors (Lipinski definition) is 1. The van der Waals surface area contributed by atoms with Crippen molar-refractivity contribution in [3.05, 3.63) is 88.7 Å². The summed E-state index contributed by atoms with van der Waals surface area (Å²) < 4.78 is 26.6. The van der Waals surface area contributed by atoms with Crippen molar-refractivity contribution in [1.82, 2.24) is 0 Å². The number of hydrogen-bond acceptors (Lipinski definition) is 3. The first kappa shape index (κ1) is 26.0. The van der Waals surface area contributed by atoms with Crippen molar-refractivity contribution in [1.29, 1.82) is 0 Å². The predicted molar refractivity (Wildman–Crippen MR) is 148 cm³/mol. The molecule has 2 aliphatic rings. The number of methoxy groups -OCH3 is 1. The Kier molecular flexibility index (Phi) is 7.04. The molecule has 198 valence electrons. The third-order valence-corrected chi connectivity index (χ3v) is 8.32. The average Bonchev–Trinajstić information content (AvgIpc) is 3.49. The number of carboxylic acids is 1. The summed E-state index contributed by atoms with van der Waals surface area (Å²) in [5.74, 6) is -0.119. The molecule has 0 saturated heterocycles. The second-order valence-corrected chi connectivity index (χ2v) is 11.2. The fourth-order valence-corrected chi connectivity index (χ4v) is 6.00. The van der Waals surface area contributed by atoms with Crippen molar-refractivity contribution in [3.8, 4) is 22.6 Å². The summed E-state index contributed by atoms with van der Waals surface area (Å²) in [6, 6.07) is 17.0. The Labute approximate surface area is 224 Å². The molecule has 0 spiro atoms. The van der Waals surface area contributed by atoms with Gasteiger partial charge in [-0.1, -0.05) is 45.0 Å². The molecule has 3 aromatic rings. The second-order valence-electron chi connectivity index (χ2n) is 11.2. The second kappa shape index (κ2) is 10.3. The van der Waals surface area contributed by atoms with Gasteiger partial charge in [0.15, 0.2) is 0 Å². The maximum atomic E-state index is 15.0. The van der Waals surface area contributed by atoms with E-state index in [0.717, 1.165) is 53.7 Å². The highest BCUT2D eigenvalue weighted by molar-refractivity contribution is 5.85. The van der Waals surface area contributed by atoms with Crippen molar-refractivity contribution in [2.75, 3.05) is 7.11 Å². The number of aliphatic carboxylic acids is 1. The van der Waals surface area contributed by atoms with Crippen LogP contribution >= 0.6 is 0 Å². The summed E-state index contributed by atoms with van der Waals surface area (Å²) in [6.07, 6.45) is 6.06. The van der Waals surface area contributed by atoms with Crippen LogP contribution in [0, 0.1) is 17.2 Å². The first-order valence-electron chi connectivity index (χ1n) is 13.3. The van der Waals surface area contributed by atoms with Crippen LogP contribution in [0.3, 0.4) is 0 Å². The molecule has 0 aromatic heterocycles. The smallest absolute Gasteiger partial charge is 0.306 e. The summed E-state index contributed by atoms with van der Waals surface area (Å²) in [5.41, 5.74) is 6.87. The van der Waals surface area contributed by atoms with Gasteiger partial charge in [-0.15, -0.1) is 0 Å². The number of benzene rings is 3. The molecule has 0 radical (unpaired) electrons. The number of rotatable bonds is 8. The van der Waals surface area contributed by atoms with E-state index in [9.17, 15) is 9.90 Å². The fourth-order valence-electron chi connectivity index (χ4n) is 6.00. The van der Waals surface area contributed by atoms with Gasteiger partial charge in [0.25, 0.3) is 0 Å². The largest absolute Gasteiger partial charge is 0.497 e. The van der Waals surface area contributed by atoms with E-state index < -0.39 is 11.9 Å². The van der Waals surface area contributed by atoms with Crippen molar-refractivity contribution in [3.63, 3.8) is 0 Å². The van der Waals surface area contributed by atoms with Crippen LogP contribution in [0.25, 0.3) is 16.7 Å². The number of aryl methyl sites for hydroxylation is 1. The topological polar surface area (TPSA) is 55.8 Å². The van der Waals surface area contributed by atoms with Crippen LogP contribution in [0.2, 0.25) is 0 Å². The first-order chi connectivity index (χ1) is 18.2. The van der Waals surface area contributed by atoms with Gasteiger partial charge in [-0.3, -0.25) is 4.79 Å². The molecular formula is C33H35FO4. The zero-order valence-electron chi connectivity index (χ0n) is 22.5. The zero-order valence-corrected chi connectivity index (χ0v) is 22.5. The predicted octanol–water partition coefficient (Wildman–Crippen LogP) is 8.03.